The molecule has 0 saturated heterocycles. The van der Waals surface area contributed by atoms with Gasteiger partial charge in [-0.05, 0) is 60.0 Å². The highest BCUT2D eigenvalue weighted by Crippen LogP contribution is 2.41. The Bertz CT molecular complexity index is 1330. The van der Waals surface area contributed by atoms with Gasteiger partial charge in [-0.3, -0.25) is 0 Å². The molecule has 7 nitrogen and oxygen atoms in total. The number of methoxy groups -OCH3 is 6. The molecule has 0 radical (unpaired) electrons. The standard InChI is InChI=1S/C27H27NO6/c1-29-21-9-7-16(12-23(21)31-3)20-11-18-14-25(33-5)26(34-6)15-19(18)27(28-20)17-8-10-22(30-2)24(13-17)32-4/h7-15H,1-6H3. The summed E-state index contributed by atoms with van der Waals surface area (Å²) in [5.74, 6) is 3.80. The summed E-state index contributed by atoms with van der Waals surface area (Å²) in [6, 6.07) is 17.4. The zero-order valence-electron chi connectivity index (χ0n) is 20.1. The molecule has 4 aromatic rings. The molecule has 4 rings (SSSR count). The number of rotatable bonds is 8. The molecule has 0 aliphatic carbocycles. The van der Waals surface area contributed by atoms with Gasteiger partial charge in [0.05, 0.1) is 54.0 Å². The maximum Gasteiger partial charge on any atom is 0.161 e. The van der Waals surface area contributed by atoms with Crippen LogP contribution in [0.2, 0.25) is 0 Å². The van der Waals surface area contributed by atoms with Gasteiger partial charge in [-0.25, -0.2) is 4.98 Å². The summed E-state index contributed by atoms with van der Waals surface area (Å²) < 4.78 is 33.0. The molecule has 3 aromatic carbocycles. The van der Waals surface area contributed by atoms with E-state index in [1.54, 1.807) is 42.7 Å². The van der Waals surface area contributed by atoms with Gasteiger partial charge in [0.15, 0.2) is 34.5 Å². The average Bonchev–Trinajstić information content (AvgIpc) is 2.90. The lowest BCUT2D eigenvalue weighted by atomic mass is 9.99. The monoisotopic (exact) mass is 461 g/mol. The highest BCUT2D eigenvalue weighted by atomic mass is 16.5. The van der Waals surface area contributed by atoms with Crippen LogP contribution in [-0.2, 0) is 0 Å². The molecule has 0 N–H and O–H groups in total. The minimum absolute atomic E-state index is 0.618. The third kappa shape index (κ3) is 4.12. The molecule has 0 amide bonds. The van der Waals surface area contributed by atoms with Crippen LogP contribution >= 0.6 is 0 Å². The number of fused-ring (bicyclic) bond motifs is 1. The summed E-state index contributed by atoms with van der Waals surface area (Å²) >= 11 is 0. The van der Waals surface area contributed by atoms with Crippen LogP contribution in [0.4, 0.5) is 0 Å². The van der Waals surface area contributed by atoms with Crippen molar-refractivity contribution in [1.29, 1.82) is 0 Å². The molecule has 0 aliphatic rings. The number of pyridine rings is 1. The number of ether oxygens (including phenoxy) is 6. The summed E-state index contributed by atoms with van der Waals surface area (Å²) in [5, 5.41) is 1.86. The van der Waals surface area contributed by atoms with E-state index in [1.807, 2.05) is 54.6 Å². The third-order valence-electron chi connectivity index (χ3n) is 5.67. The highest BCUT2D eigenvalue weighted by molar-refractivity contribution is 5.99. The van der Waals surface area contributed by atoms with E-state index in [1.165, 1.54) is 0 Å². The van der Waals surface area contributed by atoms with Crippen LogP contribution in [0.25, 0.3) is 33.3 Å². The van der Waals surface area contributed by atoms with Gasteiger partial charge in [0.1, 0.15) is 0 Å². The molecule has 0 fully saturated rings. The van der Waals surface area contributed by atoms with E-state index in [4.69, 9.17) is 33.4 Å². The first-order chi connectivity index (χ1) is 16.6. The molecule has 0 aliphatic heterocycles. The van der Waals surface area contributed by atoms with Crippen LogP contribution in [0, 0.1) is 0 Å². The predicted octanol–water partition coefficient (Wildman–Crippen LogP) is 5.62. The van der Waals surface area contributed by atoms with Gasteiger partial charge in [-0.1, -0.05) is 0 Å². The van der Waals surface area contributed by atoms with Crippen molar-refractivity contribution < 1.29 is 28.4 Å². The van der Waals surface area contributed by atoms with Gasteiger partial charge in [0.25, 0.3) is 0 Å². The lowest BCUT2D eigenvalue weighted by Gasteiger charge is -2.16. The molecule has 0 bridgehead atoms. The first-order valence-corrected chi connectivity index (χ1v) is 10.6. The molecule has 176 valence electrons. The maximum atomic E-state index is 5.56. The number of hydrogen-bond donors (Lipinski definition) is 0. The van der Waals surface area contributed by atoms with E-state index in [9.17, 15) is 0 Å². The van der Waals surface area contributed by atoms with Crippen molar-refractivity contribution >= 4 is 10.8 Å². The zero-order chi connectivity index (χ0) is 24.2. The van der Waals surface area contributed by atoms with E-state index < -0.39 is 0 Å². The summed E-state index contributed by atoms with van der Waals surface area (Å²) in [5.41, 5.74) is 3.29. The fourth-order valence-electron chi connectivity index (χ4n) is 3.93. The second-order valence-electron chi connectivity index (χ2n) is 7.42. The first kappa shape index (κ1) is 23.0. The molecular formula is C27H27NO6. The van der Waals surface area contributed by atoms with Crippen LogP contribution in [0.1, 0.15) is 0 Å². The Morgan fingerprint density at radius 3 is 1.50 bits per heavy atom. The Balaban J connectivity index is 2.01. The third-order valence-corrected chi connectivity index (χ3v) is 5.67. The fraction of sp³-hybridized carbons (Fsp3) is 0.222. The molecule has 0 unspecified atom stereocenters. The summed E-state index contributed by atoms with van der Waals surface area (Å²) in [7, 11) is 9.68. The van der Waals surface area contributed by atoms with Gasteiger partial charge in [-0.15, -0.1) is 0 Å². The molecule has 1 heterocycles. The van der Waals surface area contributed by atoms with Crippen LogP contribution in [0.15, 0.2) is 54.6 Å². The average molecular weight is 462 g/mol. The van der Waals surface area contributed by atoms with Gasteiger partial charge >= 0.3 is 0 Å². The Hall–Kier alpha value is -4.13. The van der Waals surface area contributed by atoms with Crippen molar-refractivity contribution in [2.75, 3.05) is 42.7 Å². The van der Waals surface area contributed by atoms with Gasteiger partial charge < -0.3 is 28.4 Å². The second kappa shape index (κ2) is 9.79. The van der Waals surface area contributed by atoms with Crippen LogP contribution in [0.3, 0.4) is 0 Å². The predicted molar refractivity (Wildman–Crippen MR) is 132 cm³/mol. The number of nitrogens with zero attached hydrogens (tertiary/aromatic N) is 1. The summed E-state index contributed by atoms with van der Waals surface area (Å²) in [6.07, 6.45) is 0. The Morgan fingerprint density at radius 1 is 0.471 bits per heavy atom. The molecule has 0 saturated carbocycles. The smallest absolute Gasteiger partial charge is 0.161 e. The lowest BCUT2D eigenvalue weighted by Crippen LogP contribution is -1.97. The summed E-state index contributed by atoms with van der Waals surface area (Å²) in [4.78, 5) is 5.04. The minimum atomic E-state index is 0.618. The molecule has 0 atom stereocenters. The first-order valence-electron chi connectivity index (χ1n) is 10.6. The largest absolute Gasteiger partial charge is 0.493 e. The SMILES string of the molecule is COc1ccc(-c2cc3cc(OC)c(OC)cc3c(-c3ccc(OC)c(OC)c3)n2)cc1OC. The minimum Gasteiger partial charge on any atom is -0.493 e. The number of hydrogen-bond acceptors (Lipinski definition) is 7. The molecule has 34 heavy (non-hydrogen) atoms. The maximum absolute atomic E-state index is 5.56. The van der Waals surface area contributed by atoms with Crippen molar-refractivity contribution in [1.82, 2.24) is 4.98 Å². The fourth-order valence-corrected chi connectivity index (χ4v) is 3.93. The second-order valence-corrected chi connectivity index (χ2v) is 7.42. The zero-order valence-corrected chi connectivity index (χ0v) is 20.1. The van der Waals surface area contributed by atoms with E-state index in [2.05, 4.69) is 0 Å². The number of benzene rings is 3. The lowest BCUT2D eigenvalue weighted by molar-refractivity contribution is 0.355. The summed E-state index contributed by atoms with van der Waals surface area (Å²) in [6.45, 7) is 0. The van der Waals surface area contributed by atoms with Crippen molar-refractivity contribution in [2.24, 2.45) is 0 Å². The van der Waals surface area contributed by atoms with Crippen molar-refractivity contribution in [2.45, 2.75) is 0 Å². The quantitative estimate of drug-likeness (QED) is 0.337. The van der Waals surface area contributed by atoms with Crippen molar-refractivity contribution in [3.63, 3.8) is 0 Å². The topological polar surface area (TPSA) is 68.3 Å². The Labute approximate surface area is 198 Å². The molecule has 1 aromatic heterocycles. The Kier molecular flexibility index (Phi) is 6.63. The molecule has 7 heteroatoms. The van der Waals surface area contributed by atoms with Gasteiger partial charge in [0.2, 0.25) is 0 Å². The Morgan fingerprint density at radius 2 is 0.941 bits per heavy atom. The van der Waals surface area contributed by atoms with Crippen LogP contribution < -0.4 is 28.4 Å². The van der Waals surface area contributed by atoms with Crippen LogP contribution in [0.5, 0.6) is 34.5 Å². The van der Waals surface area contributed by atoms with E-state index in [0.717, 1.165) is 33.3 Å². The highest BCUT2D eigenvalue weighted by Gasteiger charge is 2.17. The van der Waals surface area contributed by atoms with Gasteiger partial charge in [-0.2, -0.15) is 0 Å². The normalized spacial score (nSPS) is 10.6. The van der Waals surface area contributed by atoms with E-state index in [0.29, 0.717) is 34.5 Å². The van der Waals surface area contributed by atoms with Crippen molar-refractivity contribution in [3.8, 4) is 57.0 Å². The van der Waals surface area contributed by atoms with E-state index >= 15 is 0 Å². The van der Waals surface area contributed by atoms with Gasteiger partial charge in [0, 0.05) is 16.5 Å². The molecular weight excluding hydrogens is 434 g/mol. The van der Waals surface area contributed by atoms with E-state index in [-0.39, 0.29) is 0 Å². The molecule has 0 spiro atoms. The number of aromatic nitrogens is 1. The van der Waals surface area contributed by atoms with Crippen molar-refractivity contribution in [3.05, 3.63) is 54.6 Å². The van der Waals surface area contributed by atoms with Crippen LogP contribution in [-0.4, -0.2) is 47.6 Å².